The smallest absolute Gasteiger partial charge is 0.124 e. The van der Waals surface area contributed by atoms with Crippen molar-refractivity contribution >= 4 is 23.1 Å². The van der Waals surface area contributed by atoms with Gasteiger partial charge in [-0.25, -0.2) is 0 Å². The Kier molecular flexibility index (Phi) is 3.76. The van der Waals surface area contributed by atoms with E-state index in [4.69, 9.17) is 22.7 Å². The molecule has 0 aliphatic rings. The number of amidine groups is 1. The van der Waals surface area contributed by atoms with Gasteiger partial charge >= 0.3 is 0 Å². The third-order valence-corrected chi connectivity index (χ3v) is 3.17. The van der Waals surface area contributed by atoms with Crippen LogP contribution in [0.4, 0.5) is 5.69 Å². The molecule has 0 bridgehead atoms. The number of halogens is 1. The monoisotopic (exact) mass is 277 g/mol. The molecular weight excluding hydrogens is 262 g/mol. The number of benzene rings is 1. The molecule has 6 heteroatoms. The predicted molar refractivity (Wildman–Crippen MR) is 77.8 cm³/mol. The molecule has 0 saturated heterocycles. The first kappa shape index (κ1) is 13.4. The fourth-order valence-electron chi connectivity index (χ4n) is 1.88. The maximum Gasteiger partial charge on any atom is 0.124 e. The van der Waals surface area contributed by atoms with E-state index in [0.717, 1.165) is 17.8 Å². The minimum atomic E-state index is -0.0218. The molecule has 0 amide bonds. The summed E-state index contributed by atoms with van der Waals surface area (Å²) in [4.78, 5) is 2.06. The van der Waals surface area contributed by atoms with Crippen LogP contribution >= 0.6 is 11.6 Å². The summed E-state index contributed by atoms with van der Waals surface area (Å²) < 4.78 is 1.77. The summed E-state index contributed by atoms with van der Waals surface area (Å²) in [6.45, 7) is 0.740. The SMILES string of the molecule is CN(Cc1cnn(C)c1)c1ccc(C(=N)N)c(Cl)c1. The Bertz CT molecular complexity index is 605. The summed E-state index contributed by atoms with van der Waals surface area (Å²) >= 11 is 6.11. The summed E-state index contributed by atoms with van der Waals surface area (Å²) in [6, 6.07) is 5.48. The number of anilines is 1. The number of hydrogen-bond acceptors (Lipinski definition) is 3. The zero-order valence-corrected chi connectivity index (χ0v) is 11.6. The van der Waals surface area contributed by atoms with E-state index in [0.29, 0.717) is 10.6 Å². The predicted octanol–water partition coefficient (Wildman–Crippen LogP) is 1.99. The summed E-state index contributed by atoms with van der Waals surface area (Å²) in [7, 11) is 3.87. The van der Waals surface area contributed by atoms with E-state index in [2.05, 4.69) is 10.00 Å². The van der Waals surface area contributed by atoms with Crippen LogP contribution in [0.25, 0.3) is 0 Å². The van der Waals surface area contributed by atoms with Gasteiger partial charge in [0.25, 0.3) is 0 Å². The van der Waals surface area contributed by atoms with E-state index in [1.165, 1.54) is 0 Å². The van der Waals surface area contributed by atoms with Crippen LogP contribution in [0, 0.1) is 5.41 Å². The van der Waals surface area contributed by atoms with Crippen LogP contribution in [0.3, 0.4) is 0 Å². The van der Waals surface area contributed by atoms with Crippen LogP contribution in [0.5, 0.6) is 0 Å². The van der Waals surface area contributed by atoms with Gasteiger partial charge in [0, 0.05) is 43.7 Å². The molecule has 3 N–H and O–H groups in total. The molecule has 0 fully saturated rings. The zero-order chi connectivity index (χ0) is 14.0. The number of aryl methyl sites for hydroxylation is 1. The Hall–Kier alpha value is -2.01. The molecule has 1 aromatic carbocycles. The highest BCUT2D eigenvalue weighted by atomic mass is 35.5. The molecular formula is C13H16ClN5. The number of nitrogen functional groups attached to an aromatic ring is 1. The largest absolute Gasteiger partial charge is 0.384 e. The van der Waals surface area contributed by atoms with Crippen molar-refractivity contribution in [2.45, 2.75) is 6.54 Å². The van der Waals surface area contributed by atoms with E-state index in [9.17, 15) is 0 Å². The second-order valence-electron chi connectivity index (χ2n) is 4.46. The van der Waals surface area contributed by atoms with Gasteiger partial charge in [0.15, 0.2) is 0 Å². The second-order valence-corrected chi connectivity index (χ2v) is 4.86. The van der Waals surface area contributed by atoms with Crippen molar-refractivity contribution < 1.29 is 0 Å². The van der Waals surface area contributed by atoms with Crippen LogP contribution in [-0.2, 0) is 13.6 Å². The highest BCUT2D eigenvalue weighted by Crippen LogP contribution is 2.23. The molecule has 0 aliphatic heterocycles. The van der Waals surface area contributed by atoms with Gasteiger partial charge in [-0.1, -0.05) is 11.6 Å². The van der Waals surface area contributed by atoms with E-state index >= 15 is 0 Å². The molecule has 0 spiro atoms. The van der Waals surface area contributed by atoms with Gasteiger partial charge in [0.2, 0.25) is 0 Å². The fourth-order valence-corrected chi connectivity index (χ4v) is 2.16. The van der Waals surface area contributed by atoms with Gasteiger partial charge in [-0.15, -0.1) is 0 Å². The number of aromatic nitrogens is 2. The number of rotatable bonds is 4. The number of hydrogen-bond donors (Lipinski definition) is 2. The van der Waals surface area contributed by atoms with Crippen LogP contribution in [0.1, 0.15) is 11.1 Å². The summed E-state index contributed by atoms with van der Waals surface area (Å²) in [5.74, 6) is -0.0218. The van der Waals surface area contributed by atoms with Gasteiger partial charge in [0.05, 0.1) is 11.2 Å². The molecule has 0 aliphatic carbocycles. The number of nitrogens with zero attached hydrogens (tertiary/aromatic N) is 3. The summed E-state index contributed by atoms with van der Waals surface area (Å²) in [5.41, 5.74) is 8.09. The maximum atomic E-state index is 7.40. The Balaban J connectivity index is 2.17. The van der Waals surface area contributed by atoms with E-state index in [1.54, 1.807) is 10.7 Å². The molecule has 2 aromatic rings. The molecule has 0 radical (unpaired) electrons. The highest BCUT2D eigenvalue weighted by molar-refractivity contribution is 6.34. The lowest BCUT2D eigenvalue weighted by Gasteiger charge is -2.19. The second kappa shape index (κ2) is 5.32. The molecule has 5 nitrogen and oxygen atoms in total. The quantitative estimate of drug-likeness (QED) is 0.663. The minimum Gasteiger partial charge on any atom is -0.384 e. The molecule has 0 atom stereocenters. The lowest BCUT2D eigenvalue weighted by atomic mass is 10.1. The van der Waals surface area contributed by atoms with E-state index in [1.807, 2.05) is 38.6 Å². The Morgan fingerprint density at radius 2 is 2.26 bits per heavy atom. The molecule has 1 heterocycles. The van der Waals surface area contributed by atoms with Gasteiger partial charge < -0.3 is 10.6 Å². The summed E-state index contributed by atoms with van der Waals surface area (Å²) in [5, 5.41) is 12.0. The van der Waals surface area contributed by atoms with Crippen molar-refractivity contribution in [3.63, 3.8) is 0 Å². The molecule has 0 saturated carbocycles. The molecule has 1 aromatic heterocycles. The lowest BCUT2D eigenvalue weighted by molar-refractivity contribution is 0.766. The van der Waals surface area contributed by atoms with Crippen molar-refractivity contribution in [1.29, 1.82) is 5.41 Å². The van der Waals surface area contributed by atoms with E-state index < -0.39 is 0 Å². The van der Waals surface area contributed by atoms with Crippen LogP contribution < -0.4 is 10.6 Å². The minimum absolute atomic E-state index is 0.0218. The normalized spacial score (nSPS) is 10.5. The average Bonchev–Trinajstić information content (AvgIpc) is 2.74. The van der Waals surface area contributed by atoms with Crippen molar-refractivity contribution in [1.82, 2.24) is 9.78 Å². The van der Waals surface area contributed by atoms with Crippen molar-refractivity contribution in [2.75, 3.05) is 11.9 Å². The van der Waals surface area contributed by atoms with Crippen molar-refractivity contribution in [2.24, 2.45) is 12.8 Å². The Morgan fingerprint density at radius 1 is 1.53 bits per heavy atom. The zero-order valence-electron chi connectivity index (χ0n) is 10.9. The summed E-state index contributed by atoms with van der Waals surface area (Å²) in [6.07, 6.45) is 3.81. The van der Waals surface area contributed by atoms with Gasteiger partial charge in [-0.2, -0.15) is 5.10 Å². The third kappa shape index (κ3) is 3.06. The highest BCUT2D eigenvalue weighted by Gasteiger charge is 2.08. The van der Waals surface area contributed by atoms with Crippen LogP contribution in [0.2, 0.25) is 5.02 Å². The standard InChI is InChI=1S/C13H16ClN5/c1-18(7-9-6-17-19(2)8-9)10-3-4-11(13(15)16)12(14)5-10/h3-6,8H,7H2,1-2H3,(H3,15,16). The third-order valence-electron chi connectivity index (χ3n) is 2.86. The fraction of sp³-hybridized carbons (Fsp3) is 0.231. The number of nitrogens with one attached hydrogen (secondary N) is 1. The van der Waals surface area contributed by atoms with Crippen molar-refractivity contribution in [3.05, 3.63) is 46.7 Å². The van der Waals surface area contributed by atoms with Gasteiger partial charge in [-0.3, -0.25) is 10.1 Å². The van der Waals surface area contributed by atoms with E-state index in [-0.39, 0.29) is 5.84 Å². The molecule has 100 valence electrons. The number of nitrogens with two attached hydrogens (primary N) is 1. The van der Waals surface area contributed by atoms with Crippen molar-refractivity contribution in [3.8, 4) is 0 Å². The average molecular weight is 278 g/mol. The van der Waals surface area contributed by atoms with Crippen LogP contribution in [0.15, 0.2) is 30.6 Å². The first-order valence-corrected chi connectivity index (χ1v) is 6.18. The molecule has 2 rings (SSSR count). The first-order chi connectivity index (χ1) is 8.97. The Labute approximate surface area is 117 Å². The maximum absolute atomic E-state index is 7.40. The topological polar surface area (TPSA) is 70.9 Å². The molecule has 19 heavy (non-hydrogen) atoms. The molecule has 0 unspecified atom stereocenters. The van der Waals surface area contributed by atoms with Crippen LogP contribution in [-0.4, -0.2) is 22.7 Å². The first-order valence-electron chi connectivity index (χ1n) is 5.80. The van der Waals surface area contributed by atoms with Gasteiger partial charge in [0.1, 0.15) is 5.84 Å². The Morgan fingerprint density at radius 3 is 2.79 bits per heavy atom. The van der Waals surface area contributed by atoms with Gasteiger partial charge in [-0.05, 0) is 18.2 Å². The lowest BCUT2D eigenvalue weighted by Crippen LogP contribution is -2.17.